The Balaban J connectivity index is 2.14. The summed E-state index contributed by atoms with van der Waals surface area (Å²) in [6.45, 7) is 1.54. The van der Waals surface area contributed by atoms with Gasteiger partial charge in [-0.3, -0.25) is 0 Å². The third-order valence-corrected chi connectivity index (χ3v) is 3.94. The number of anilines is 1. The van der Waals surface area contributed by atoms with Crippen molar-refractivity contribution >= 4 is 22.6 Å². The van der Waals surface area contributed by atoms with Crippen molar-refractivity contribution in [1.82, 2.24) is 10.2 Å². The van der Waals surface area contributed by atoms with Gasteiger partial charge in [0, 0.05) is 25.1 Å². The van der Waals surface area contributed by atoms with Crippen molar-refractivity contribution in [2.45, 2.75) is 12.8 Å². The second kappa shape index (κ2) is 5.65. The largest absolute Gasteiger partial charge is 0.476 e. The van der Waals surface area contributed by atoms with E-state index in [1.54, 1.807) is 0 Å². The van der Waals surface area contributed by atoms with Crippen LogP contribution in [0.1, 0.15) is 23.3 Å². The average Bonchev–Trinajstić information content (AvgIpc) is 2.53. The second-order valence-corrected chi connectivity index (χ2v) is 5.36. The molecule has 3 rings (SSSR count). The summed E-state index contributed by atoms with van der Waals surface area (Å²) in [6, 6.07) is 7.42. The molecule has 2 heterocycles. The third-order valence-electron chi connectivity index (χ3n) is 3.94. The molecule has 0 radical (unpaired) electrons. The van der Waals surface area contributed by atoms with E-state index < -0.39 is 5.97 Å². The summed E-state index contributed by atoms with van der Waals surface area (Å²) in [5.41, 5.74) is 1.28. The highest BCUT2D eigenvalue weighted by Crippen LogP contribution is 2.31. The second-order valence-electron chi connectivity index (χ2n) is 5.36. The number of nitrogens with zero attached hydrogens (tertiary/aromatic N) is 3. The molecule has 1 fully saturated rings. The van der Waals surface area contributed by atoms with E-state index in [2.05, 4.69) is 10.2 Å². The van der Waals surface area contributed by atoms with Crippen LogP contribution in [0.4, 0.5) is 5.69 Å². The zero-order valence-electron chi connectivity index (χ0n) is 11.6. The number of carboxylic acid groups (broad SMARTS) is 1. The SMILES string of the molecule is O=C(O)c1nnc2ccccc2c1N1CCCC(CO)C1. The van der Waals surface area contributed by atoms with Crippen LogP contribution < -0.4 is 4.90 Å². The van der Waals surface area contributed by atoms with Crippen LogP contribution in [0.5, 0.6) is 0 Å². The van der Waals surface area contributed by atoms with E-state index in [1.165, 1.54) is 0 Å². The fraction of sp³-hybridized carbons (Fsp3) is 0.400. The number of piperidine rings is 1. The molecule has 1 atom stereocenters. The highest BCUT2D eigenvalue weighted by molar-refractivity contribution is 6.02. The fourth-order valence-corrected chi connectivity index (χ4v) is 2.92. The lowest BCUT2D eigenvalue weighted by Crippen LogP contribution is -2.38. The number of rotatable bonds is 3. The highest BCUT2D eigenvalue weighted by Gasteiger charge is 2.26. The summed E-state index contributed by atoms with van der Waals surface area (Å²) in [5.74, 6) is -0.901. The van der Waals surface area contributed by atoms with Gasteiger partial charge < -0.3 is 15.1 Å². The van der Waals surface area contributed by atoms with Gasteiger partial charge in [0.1, 0.15) is 0 Å². The summed E-state index contributed by atoms with van der Waals surface area (Å²) in [7, 11) is 0. The van der Waals surface area contributed by atoms with Crippen molar-refractivity contribution in [1.29, 1.82) is 0 Å². The third kappa shape index (κ3) is 2.54. The molecular weight excluding hydrogens is 270 g/mol. The fourth-order valence-electron chi connectivity index (χ4n) is 2.92. The molecule has 21 heavy (non-hydrogen) atoms. The topological polar surface area (TPSA) is 86.5 Å². The number of hydrogen-bond acceptors (Lipinski definition) is 5. The number of carboxylic acids is 1. The summed E-state index contributed by atoms with van der Waals surface area (Å²) in [4.78, 5) is 13.5. The van der Waals surface area contributed by atoms with Crippen LogP contribution in [0.3, 0.4) is 0 Å². The molecular formula is C15H17N3O3. The maximum absolute atomic E-state index is 11.5. The van der Waals surface area contributed by atoms with Crippen molar-refractivity contribution in [2.24, 2.45) is 5.92 Å². The van der Waals surface area contributed by atoms with Gasteiger partial charge in [-0.05, 0) is 24.8 Å². The van der Waals surface area contributed by atoms with Crippen molar-refractivity contribution < 1.29 is 15.0 Å². The van der Waals surface area contributed by atoms with Crippen molar-refractivity contribution in [3.63, 3.8) is 0 Å². The van der Waals surface area contributed by atoms with Crippen molar-refractivity contribution in [2.75, 3.05) is 24.6 Å². The molecule has 0 saturated carbocycles. The lowest BCUT2D eigenvalue weighted by Gasteiger charge is -2.34. The highest BCUT2D eigenvalue weighted by atomic mass is 16.4. The Morgan fingerprint density at radius 1 is 1.33 bits per heavy atom. The summed E-state index contributed by atoms with van der Waals surface area (Å²) < 4.78 is 0. The molecule has 1 aliphatic heterocycles. The first-order valence-electron chi connectivity index (χ1n) is 7.05. The quantitative estimate of drug-likeness (QED) is 0.890. The zero-order chi connectivity index (χ0) is 14.8. The Morgan fingerprint density at radius 3 is 2.90 bits per heavy atom. The van der Waals surface area contributed by atoms with Gasteiger partial charge in [0.2, 0.25) is 0 Å². The van der Waals surface area contributed by atoms with Crippen LogP contribution in [0.15, 0.2) is 24.3 Å². The molecule has 2 N–H and O–H groups in total. The Hall–Kier alpha value is -2.21. The van der Waals surface area contributed by atoms with Crippen LogP contribution in [-0.4, -0.2) is 46.1 Å². The van der Waals surface area contributed by atoms with Gasteiger partial charge in [-0.25, -0.2) is 4.79 Å². The molecule has 0 bridgehead atoms. The molecule has 0 amide bonds. The predicted octanol–water partition coefficient (Wildman–Crippen LogP) is 1.54. The number of carbonyl (C=O) groups is 1. The normalized spacial score (nSPS) is 18.9. The van der Waals surface area contributed by atoms with Gasteiger partial charge in [-0.2, -0.15) is 0 Å². The summed E-state index contributed by atoms with van der Waals surface area (Å²) in [6.07, 6.45) is 1.90. The average molecular weight is 287 g/mol. The minimum Gasteiger partial charge on any atom is -0.476 e. The minimum absolute atomic E-state index is 0.0210. The van der Waals surface area contributed by atoms with E-state index in [0.717, 1.165) is 24.8 Å². The van der Waals surface area contributed by atoms with Crippen molar-refractivity contribution in [3.8, 4) is 0 Å². The molecule has 2 aromatic rings. The van der Waals surface area contributed by atoms with Crippen LogP contribution in [0, 0.1) is 5.92 Å². The summed E-state index contributed by atoms with van der Waals surface area (Å²) >= 11 is 0. The first kappa shape index (κ1) is 13.8. The first-order valence-corrected chi connectivity index (χ1v) is 7.05. The van der Waals surface area contributed by atoms with Crippen LogP contribution in [-0.2, 0) is 0 Å². The lowest BCUT2D eigenvalue weighted by atomic mass is 9.97. The van der Waals surface area contributed by atoms with Gasteiger partial charge in [0.25, 0.3) is 0 Å². The Kier molecular flexibility index (Phi) is 3.70. The van der Waals surface area contributed by atoms with Gasteiger partial charge >= 0.3 is 5.97 Å². The summed E-state index contributed by atoms with van der Waals surface area (Å²) in [5, 5.41) is 27.4. The molecule has 1 aromatic carbocycles. The van der Waals surface area contributed by atoms with E-state index in [9.17, 15) is 15.0 Å². The smallest absolute Gasteiger partial charge is 0.358 e. The number of aromatic carboxylic acids is 1. The number of fused-ring (bicyclic) bond motifs is 1. The van der Waals surface area contributed by atoms with E-state index in [4.69, 9.17) is 0 Å². The number of aliphatic hydroxyl groups excluding tert-OH is 1. The van der Waals surface area contributed by atoms with Gasteiger partial charge in [-0.1, -0.05) is 18.2 Å². The maximum atomic E-state index is 11.5. The Labute approximate surface area is 122 Å². The Bertz CT molecular complexity index is 674. The van der Waals surface area contributed by atoms with Crippen molar-refractivity contribution in [3.05, 3.63) is 30.0 Å². The van der Waals surface area contributed by atoms with Gasteiger partial charge in [0.05, 0.1) is 11.2 Å². The molecule has 1 saturated heterocycles. The monoisotopic (exact) mass is 287 g/mol. The number of benzene rings is 1. The first-order chi connectivity index (χ1) is 10.2. The predicted molar refractivity (Wildman–Crippen MR) is 78.5 cm³/mol. The molecule has 0 spiro atoms. The minimum atomic E-state index is -1.07. The molecule has 1 unspecified atom stereocenters. The van der Waals surface area contributed by atoms with E-state index in [1.807, 2.05) is 29.2 Å². The zero-order valence-corrected chi connectivity index (χ0v) is 11.6. The maximum Gasteiger partial charge on any atom is 0.358 e. The molecule has 1 aliphatic rings. The van der Waals surface area contributed by atoms with Gasteiger partial charge in [-0.15, -0.1) is 10.2 Å². The Morgan fingerprint density at radius 2 is 2.14 bits per heavy atom. The number of aromatic nitrogens is 2. The molecule has 110 valence electrons. The van der Waals surface area contributed by atoms with Crippen LogP contribution >= 0.6 is 0 Å². The molecule has 6 nitrogen and oxygen atoms in total. The van der Waals surface area contributed by atoms with E-state index >= 15 is 0 Å². The van der Waals surface area contributed by atoms with E-state index in [-0.39, 0.29) is 18.2 Å². The molecule has 6 heteroatoms. The number of aliphatic hydroxyl groups is 1. The molecule has 1 aromatic heterocycles. The van der Waals surface area contributed by atoms with Crippen LogP contribution in [0.2, 0.25) is 0 Å². The lowest BCUT2D eigenvalue weighted by molar-refractivity contribution is 0.0690. The molecule has 0 aliphatic carbocycles. The number of hydrogen-bond donors (Lipinski definition) is 2. The van der Waals surface area contributed by atoms with E-state index in [0.29, 0.717) is 17.7 Å². The van der Waals surface area contributed by atoms with Gasteiger partial charge in [0.15, 0.2) is 5.69 Å². The standard InChI is InChI=1S/C15H17N3O3/c19-9-10-4-3-7-18(8-10)14-11-5-1-2-6-12(11)16-17-13(14)15(20)21/h1-2,5-6,10,19H,3-4,7-9H2,(H,20,21). The van der Waals surface area contributed by atoms with Crippen LogP contribution in [0.25, 0.3) is 10.9 Å².